The fraction of sp³-hybridized carbons (Fsp3) is 0.318. The van der Waals surface area contributed by atoms with E-state index in [1.54, 1.807) is 18.3 Å². The number of anilines is 1. The molecule has 1 aliphatic carbocycles. The molecule has 0 radical (unpaired) electrons. The number of nitrogens with zero attached hydrogens (tertiary/aromatic N) is 2. The summed E-state index contributed by atoms with van der Waals surface area (Å²) in [4.78, 5) is 31.6. The number of hydrogen-bond donors (Lipinski definition) is 1. The average molecular weight is 361 g/mol. The number of amides is 1. The summed E-state index contributed by atoms with van der Waals surface area (Å²) in [5.41, 5.74) is 9.97. The maximum Gasteiger partial charge on any atom is 0.237 e. The second kappa shape index (κ2) is 6.05. The zero-order chi connectivity index (χ0) is 19.3. The van der Waals surface area contributed by atoms with Crippen molar-refractivity contribution in [1.82, 2.24) is 4.98 Å². The standard InChI is InChI=1S/C22H23N3O2/c1-13-10-14(8-9-24-13)18(23)12-20(26)15-4-7-17-19(11-15)25(16-5-6-16)21(27)22(17,2)3/h4,7-12,16H,5-6,23H2,1-3H3. The third-order valence-electron chi connectivity index (χ3n) is 5.40. The van der Waals surface area contributed by atoms with Gasteiger partial charge in [-0.1, -0.05) is 12.1 Å². The molecule has 27 heavy (non-hydrogen) atoms. The Morgan fingerprint density at radius 2 is 1.96 bits per heavy atom. The molecule has 2 aliphatic rings. The van der Waals surface area contributed by atoms with Gasteiger partial charge in [-0.05, 0) is 57.4 Å². The molecular formula is C22H23N3O2. The number of carbonyl (C=O) groups is 2. The molecule has 1 saturated carbocycles. The lowest BCUT2D eigenvalue weighted by Crippen LogP contribution is -2.37. The molecule has 0 saturated heterocycles. The Labute approximate surface area is 158 Å². The van der Waals surface area contributed by atoms with Crippen LogP contribution in [0, 0.1) is 6.92 Å². The average Bonchev–Trinajstić information content (AvgIpc) is 3.43. The predicted molar refractivity (Wildman–Crippen MR) is 105 cm³/mol. The first kappa shape index (κ1) is 17.5. The summed E-state index contributed by atoms with van der Waals surface area (Å²) in [5.74, 6) is -0.0513. The molecule has 0 spiro atoms. The van der Waals surface area contributed by atoms with Crippen molar-refractivity contribution in [2.75, 3.05) is 4.90 Å². The van der Waals surface area contributed by atoms with Crippen molar-refractivity contribution < 1.29 is 9.59 Å². The monoisotopic (exact) mass is 361 g/mol. The summed E-state index contributed by atoms with van der Waals surface area (Å²) in [6, 6.07) is 9.42. The van der Waals surface area contributed by atoms with Crippen LogP contribution in [0.2, 0.25) is 0 Å². The van der Waals surface area contributed by atoms with E-state index in [0.717, 1.165) is 35.3 Å². The zero-order valence-electron chi connectivity index (χ0n) is 15.8. The van der Waals surface area contributed by atoms with Crippen LogP contribution in [-0.4, -0.2) is 22.7 Å². The van der Waals surface area contributed by atoms with Gasteiger partial charge >= 0.3 is 0 Å². The van der Waals surface area contributed by atoms with Crippen molar-refractivity contribution in [3.63, 3.8) is 0 Å². The van der Waals surface area contributed by atoms with E-state index in [1.807, 2.05) is 43.9 Å². The van der Waals surface area contributed by atoms with E-state index in [-0.39, 0.29) is 17.7 Å². The normalized spacial score (nSPS) is 18.6. The quantitative estimate of drug-likeness (QED) is 0.669. The smallest absolute Gasteiger partial charge is 0.237 e. The van der Waals surface area contributed by atoms with Crippen molar-refractivity contribution >= 4 is 23.1 Å². The fourth-order valence-corrected chi connectivity index (χ4v) is 3.67. The Bertz CT molecular complexity index is 987. The van der Waals surface area contributed by atoms with Gasteiger partial charge in [-0.3, -0.25) is 14.6 Å². The van der Waals surface area contributed by atoms with Gasteiger partial charge in [0.1, 0.15) is 0 Å². The molecule has 5 nitrogen and oxygen atoms in total. The molecule has 2 aromatic rings. The number of allylic oxidation sites excluding steroid dienone is 1. The molecule has 1 fully saturated rings. The third kappa shape index (κ3) is 2.93. The first-order valence-corrected chi connectivity index (χ1v) is 9.22. The molecule has 1 amide bonds. The van der Waals surface area contributed by atoms with Gasteiger partial charge in [-0.15, -0.1) is 0 Å². The molecule has 1 aliphatic heterocycles. The zero-order valence-corrected chi connectivity index (χ0v) is 15.8. The number of pyridine rings is 1. The number of ketones is 1. The van der Waals surface area contributed by atoms with Gasteiger partial charge in [0.15, 0.2) is 5.78 Å². The number of benzene rings is 1. The Kier molecular flexibility index (Phi) is 3.91. The van der Waals surface area contributed by atoms with Gasteiger partial charge in [0, 0.05) is 46.5 Å². The van der Waals surface area contributed by atoms with Crippen LogP contribution in [0.4, 0.5) is 5.69 Å². The van der Waals surface area contributed by atoms with Gasteiger partial charge in [-0.2, -0.15) is 0 Å². The molecule has 4 rings (SSSR count). The van der Waals surface area contributed by atoms with E-state index >= 15 is 0 Å². The van der Waals surface area contributed by atoms with E-state index in [9.17, 15) is 9.59 Å². The van der Waals surface area contributed by atoms with Crippen LogP contribution in [0.15, 0.2) is 42.6 Å². The molecule has 2 N–H and O–H groups in total. The van der Waals surface area contributed by atoms with Crippen molar-refractivity contribution in [2.45, 2.75) is 45.1 Å². The highest BCUT2D eigenvalue weighted by molar-refractivity contribution is 6.12. The topological polar surface area (TPSA) is 76.3 Å². The Hall–Kier alpha value is -2.95. The van der Waals surface area contributed by atoms with Crippen LogP contribution in [0.1, 0.15) is 53.9 Å². The van der Waals surface area contributed by atoms with E-state index < -0.39 is 5.41 Å². The highest BCUT2D eigenvalue weighted by atomic mass is 16.2. The van der Waals surface area contributed by atoms with Crippen LogP contribution >= 0.6 is 0 Å². The van der Waals surface area contributed by atoms with Crippen molar-refractivity contribution in [1.29, 1.82) is 0 Å². The summed E-state index contributed by atoms with van der Waals surface area (Å²) in [5, 5.41) is 0. The Balaban J connectivity index is 1.69. The van der Waals surface area contributed by atoms with Gasteiger partial charge in [0.05, 0.1) is 5.41 Å². The number of hydrogen-bond acceptors (Lipinski definition) is 4. The molecule has 0 atom stereocenters. The maximum atomic E-state index is 12.8. The molecular weight excluding hydrogens is 338 g/mol. The van der Waals surface area contributed by atoms with E-state index in [2.05, 4.69) is 4.98 Å². The lowest BCUT2D eigenvalue weighted by atomic mass is 9.85. The van der Waals surface area contributed by atoms with Crippen molar-refractivity contribution in [3.8, 4) is 0 Å². The molecule has 138 valence electrons. The van der Waals surface area contributed by atoms with Crippen LogP contribution in [0.3, 0.4) is 0 Å². The second-order valence-electron chi connectivity index (χ2n) is 7.91. The number of nitrogens with two attached hydrogens (primary N) is 1. The molecule has 1 aromatic carbocycles. The predicted octanol–water partition coefficient (Wildman–Crippen LogP) is 3.36. The summed E-state index contributed by atoms with van der Waals surface area (Å²) < 4.78 is 0. The first-order chi connectivity index (χ1) is 12.8. The lowest BCUT2D eigenvalue weighted by Gasteiger charge is -2.19. The van der Waals surface area contributed by atoms with Crippen LogP contribution in [0.5, 0.6) is 0 Å². The summed E-state index contributed by atoms with van der Waals surface area (Å²) in [6.45, 7) is 5.77. The second-order valence-corrected chi connectivity index (χ2v) is 7.91. The SMILES string of the molecule is Cc1cc(C(N)=CC(=O)c2ccc3c(c2)N(C2CC2)C(=O)C3(C)C)ccn1. The fourth-order valence-electron chi connectivity index (χ4n) is 3.67. The van der Waals surface area contributed by atoms with Crippen molar-refractivity contribution in [2.24, 2.45) is 5.73 Å². The summed E-state index contributed by atoms with van der Waals surface area (Å²) in [7, 11) is 0. The van der Waals surface area contributed by atoms with E-state index in [1.165, 1.54) is 6.08 Å². The summed E-state index contributed by atoms with van der Waals surface area (Å²) in [6.07, 6.45) is 5.16. The van der Waals surface area contributed by atoms with Crippen LogP contribution < -0.4 is 10.6 Å². The maximum absolute atomic E-state index is 12.8. The highest BCUT2D eigenvalue weighted by Crippen LogP contribution is 2.46. The number of aryl methyl sites for hydroxylation is 1. The number of fused-ring (bicyclic) bond motifs is 1. The number of rotatable bonds is 4. The van der Waals surface area contributed by atoms with Crippen molar-refractivity contribution in [3.05, 3.63) is 65.0 Å². The summed E-state index contributed by atoms with van der Waals surface area (Å²) >= 11 is 0. The Morgan fingerprint density at radius 3 is 2.63 bits per heavy atom. The highest BCUT2D eigenvalue weighted by Gasteiger charge is 2.49. The van der Waals surface area contributed by atoms with Crippen LogP contribution in [0.25, 0.3) is 5.70 Å². The number of carbonyl (C=O) groups excluding carboxylic acids is 2. The molecule has 0 bridgehead atoms. The molecule has 2 heterocycles. The first-order valence-electron chi connectivity index (χ1n) is 9.22. The van der Waals surface area contributed by atoms with Gasteiger partial charge in [0.2, 0.25) is 5.91 Å². The van der Waals surface area contributed by atoms with E-state index in [0.29, 0.717) is 11.3 Å². The molecule has 5 heteroatoms. The minimum atomic E-state index is -0.553. The minimum absolute atomic E-state index is 0.118. The molecule has 1 aromatic heterocycles. The number of aromatic nitrogens is 1. The van der Waals surface area contributed by atoms with Gasteiger partial charge in [0.25, 0.3) is 0 Å². The van der Waals surface area contributed by atoms with Crippen LogP contribution in [-0.2, 0) is 10.2 Å². The minimum Gasteiger partial charge on any atom is -0.398 e. The van der Waals surface area contributed by atoms with Gasteiger partial charge < -0.3 is 10.6 Å². The largest absolute Gasteiger partial charge is 0.398 e. The van der Waals surface area contributed by atoms with E-state index in [4.69, 9.17) is 5.73 Å². The Morgan fingerprint density at radius 1 is 1.22 bits per heavy atom. The molecule has 0 unspecified atom stereocenters. The van der Waals surface area contributed by atoms with Gasteiger partial charge in [-0.25, -0.2) is 0 Å². The third-order valence-corrected chi connectivity index (χ3v) is 5.40. The lowest BCUT2D eigenvalue weighted by molar-refractivity contribution is -0.122.